The maximum Gasteiger partial charge on any atom is 0.401 e. The summed E-state index contributed by atoms with van der Waals surface area (Å²) in [6.45, 7) is 2.22. The lowest BCUT2D eigenvalue weighted by molar-refractivity contribution is -0.165. The van der Waals surface area contributed by atoms with Crippen LogP contribution in [0.4, 0.5) is 27.8 Å². The third-order valence-electron chi connectivity index (χ3n) is 6.25. The topological polar surface area (TPSA) is 103 Å². The number of rotatable bonds is 7. The van der Waals surface area contributed by atoms with Gasteiger partial charge in [-0.05, 0) is 12.8 Å². The van der Waals surface area contributed by atoms with E-state index in [0.29, 0.717) is 42.2 Å². The van der Waals surface area contributed by atoms with Crippen molar-refractivity contribution in [2.75, 3.05) is 38.7 Å². The predicted molar refractivity (Wildman–Crippen MR) is 125 cm³/mol. The van der Waals surface area contributed by atoms with E-state index in [0.717, 1.165) is 6.07 Å². The van der Waals surface area contributed by atoms with E-state index >= 15 is 0 Å². The van der Waals surface area contributed by atoms with Gasteiger partial charge < -0.3 is 19.3 Å². The number of nitrogens with one attached hydrogen (secondary N) is 1. The molecule has 2 aromatic heterocycles. The van der Waals surface area contributed by atoms with Crippen LogP contribution < -0.4 is 14.8 Å². The van der Waals surface area contributed by atoms with Gasteiger partial charge >= 0.3 is 6.18 Å². The van der Waals surface area contributed by atoms with E-state index in [4.69, 9.17) is 9.47 Å². The fourth-order valence-corrected chi connectivity index (χ4v) is 4.06. The average molecular weight is 543 g/mol. The van der Waals surface area contributed by atoms with Crippen LogP contribution in [0.25, 0.3) is 11.0 Å². The van der Waals surface area contributed by atoms with Gasteiger partial charge in [0.25, 0.3) is 5.92 Å². The molecule has 1 amide bonds. The van der Waals surface area contributed by atoms with Gasteiger partial charge in [-0.25, -0.2) is 8.78 Å². The highest BCUT2D eigenvalue weighted by atomic mass is 19.4. The van der Waals surface area contributed by atoms with Gasteiger partial charge in [-0.2, -0.15) is 13.2 Å². The van der Waals surface area contributed by atoms with Crippen molar-refractivity contribution >= 4 is 22.8 Å². The first kappa shape index (κ1) is 27.5. The number of ether oxygens (including phenoxy) is 2. The number of fused-ring (bicyclic) bond motifs is 1. The monoisotopic (exact) mass is 543 g/mol. The number of halogens is 5. The van der Waals surface area contributed by atoms with Crippen molar-refractivity contribution in [2.45, 2.75) is 43.7 Å². The van der Waals surface area contributed by atoms with Crippen LogP contribution in [0.5, 0.6) is 11.5 Å². The van der Waals surface area contributed by atoms with Gasteiger partial charge in [-0.1, -0.05) is 5.16 Å². The fourth-order valence-electron chi connectivity index (χ4n) is 4.06. The Morgan fingerprint density at radius 1 is 1.11 bits per heavy atom. The van der Waals surface area contributed by atoms with E-state index in [2.05, 4.69) is 25.0 Å². The van der Waals surface area contributed by atoms with Gasteiger partial charge in [-0.3, -0.25) is 19.7 Å². The minimum Gasteiger partial charge on any atom is -0.493 e. The van der Waals surface area contributed by atoms with Gasteiger partial charge in [0.1, 0.15) is 12.0 Å². The highest BCUT2D eigenvalue weighted by Gasteiger charge is 2.66. The lowest BCUT2D eigenvalue weighted by Gasteiger charge is -2.17. The van der Waals surface area contributed by atoms with Crippen LogP contribution in [0.2, 0.25) is 0 Å². The Kier molecular flexibility index (Phi) is 7.72. The Labute approximate surface area is 214 Å². The Morgan fingerprint density at radius 3 is 2.29 bits per heavy atom. The number of aromatic nitrogens is 3. The molecule has 14 heteroatoms. The predicted octanol–water partition coefficient (Wildman–Crippen LogP) is 4.59. The molecule has 38 heavy (non-hydrogen) atoms. The number of likely N-dealkylation sites (tertiary alicyclic amines) is 1. The molecule has 0 atom stereocenters. The van der Waals surface area contributed by atoms with Gasteiger partial charge in [0, 0.05) is 57.0 Å². The molecular formula is C24H26F5N5O4. The number of nitrogens with zero attached hydrogens (tertiary/aromatic N) is 4. The molecule has 0 unspecified atom stereocenters. The van der Waals surface area contributed by atoms with Gasteiger partial charge in [0.15, 0.2) is 23.1 Å². The molecular weight excluding hydrogens is 517 g/mol. The molecule has 5 rings (SSSR count). The van der Waals surface area contributed by atoms with Crippen LogP contribution >= 0.6 is 0 Å². The summed E-state index contributed by atoms with van der Waals surface area (Å²) in [6, 6.07) is 4.63. The number of carbonyl (C=O) groups is 1. The Morgan fingerprint density at radius 2 is 1.76 bits per heavy atom. The average Bonchev–Trinajstić information content (AvgIpc) is 3.44. The number of benzene rings is 1. The first-order valence-electron chi connectivity index (χ1n) is 11.8. The van der Waals surface area contributed by atoms with Crippen molar-refractivity contribution in [2.24, 2.45) is 0 Å². The SMILES string of the molecule is CC(=O)Nc1cc(C2(C(F)(F)F)CC2)on1.COc1cc2nccnc2cc1OCCN1CCC(F)(F)C1. The van der Waals surface area contributed by atoms with Crippen LogP contribution in [0.15, 0.2) is 35.1 Å². The second kappa shape index (κ2) is 10.7. The molecule has 1 aromatic carbocycles. The smallest absolute Gasteiger partial charge is 0.401 e. The summed E-state index contributed by atoms with van der Waals surface area (Å²) in [5.74, 6) is -2.10. The summed E-state index contributed by atoms with van der Waals surface area (Å²) < 4.78 is 79.9. The van der Waals surface area contributed by atoms with Gasteiger partial charge in [0.2, 0.25) is 5.91 Å². The van der Waals surface area contributed by atoms with Crippen molar-refractivity contribution < 1.29 is 40.7 Å². The van der Waals surface area contributed by atoms with E-state index < -0.39 is 23.4 Å². The first-order chi connectivity index (χ1) is 17.9. The third kappa shape index (κ3) is 6.29. The zero-order valence-corrected chi connectivity index (χ0v) is 20.6. The van der Waals surface area contributed by atoms with Crippen molar-refractivity contribution in [3.63, 3.8) is 0 Å². The largest absolute Gasteiger partial charge is 0.493 e. The number of methoxy groups -OCH3 is 1. The fraction of sp³-hybridized carbons (Fsp3) is 0.500. The van der Waals surface area contributed by atoms with Crippen LogP contribution in [0.1, 0.15) is 31.9 Å². The molecule has 0 bridgehead atoms. The van der Waals surface area contributed by atoms with Crippen LogP contribution in [-0.4, -0.2) is 71.4 Å². The Bertz CT molecular complexity index is 1280. The molecule has 1 saturated carbocycles. The molecule has 0 spiro atoms. The second-order valence-corrected chi connectivity index (χ2v) is 9.12. The third-order valence-corrected chi connectivity index (χ3v) is 6.25. The van der Waals surface area contributed by atoms with Crippen molar-refractivity contribution in [3.8, 4) is 11.5 Å². The van der Waals surface area contributed by atoms with Crippen LogP contribution in [0.3, 0.4) is 0 Å². The molecule has 3 aromatic rings. The van der Waals surface area contributed by atoms with E-state index in [-0.39, 0.29) is 37.4 Å². The van der Waals surface area contributed by atoms with Crippen LogP contribution in [-0.2, 0) is 10.2 Å². The maximum atomic E-state index is 13.1. The minimum absolute atomic E-state index is 0.00516. The Balaban J connectivity index is 0.000000186. The number of hydrogen-bond acceptors (Lipinski definition) is 8. The van der Waals surface area contributed by atoms with E-state index in [1.165, 1.54) is 6.92 Å². The molecule has 1 aliphatic heterocycles. The summed E-state index contributed by atoms with van der Waals surface area (Å²) in [6.07, 6.45) is -1.20. The quantitative estimate of drug-likeness (QED) is 0.432. The van der Waals surface area contributed by atoms with Crippen molar-refractivity contribution in [1.82, 2.24) is 20.0 Å². The molecule has 2 fully saturated rings. The molecule has 9 nitrogen and oxygen atoms in total. The standard InChI is InChI=1S/C15H17F2N3O2.C9H9F3N2O2/c1-21-13-8-11-12(19-4-3-18-11)9-14(13)22-7-6-20-5-2-15(16,17)10-20;1-5(15)13-7-4-6(16-14-7)8(2-3-8)9(10,11)12/h3-4,8-9H,2,5-7,10H2,1H3;4H,2-3H2,1H3,(H,13,14,15). The van der Waals surface area contributed by atoms with Gasteiger partial charge in [0.05, 0.1) is 24.7 Å². The number of alkyl halides is 5. The second-order valence-electron chi connectivity index (χ2n) is 9.12. The lowest BCUT2D eigenvalue weighted by Crippen LogP contribution is -2.29. The normalized spacial score (nSPS) is 18.0. The van der Waals surface area contributed by atoms with E-state index in [9.17, 15) is 26.7 Å². The summed E-state index contributed by atoms with van der Waals surface area (Å²) >= 11 is 0. The molecule has 0 radical (unpaired) electrons. The van der Waals surface area contributed by atoms with Gasteiger partial charge in [-0.15, -0.1) is 0 Å². The number of carbonyl (C=O) groups excluding carboxylic acids is 1. The Hall–Kier alpha value is -3.55. The highest BCUT2D eigenvalue weighted by molar-refractivity contribution is 5.87. The van der Waals surface area contributed by atoms with E-state index in [1.807, 2.05) is 0 Å². The number of anilines is 1. The maximum absolute atomic E-state index is 13.1. The molecule has 206 valence electrons. The number of amides is 1. The molecule has 3 heterocycles. The number of hydrogen-bond donors (Lipinski definition) is 1. The summed E-state index contributed by atoms with van der Waals surface area (Å²) in [5.41, 5.74) is -0.478. The minimum atomic E-state index is -4.33. The summed E-state index contributed by atoms with van der Waals surface area (Å²) in [5, 5.41) is 5.63. The molecule has 1 saturated heterocycles. The highest BCUT2D eigenvalue weighted by Crippen LogP contribution is 2.59. The van der Waals surface area contributed by atoms with Crippen molar-refractivity contribution in [1.29, 1.82) is 0 Å². The lowest BCUT2D eigenvalue weighted by atomic mass is 10.0. The zero-order chi connectivity index (χ0) is 27.6. The van der Waals surface area contributed by atoms with Crippen molar-refractivity contribution in [3.05, 3.63) is 36.4 Å². The van der Waals surface area contributed by atoms with E-state index in [1.54, 1.807) is 36.5 Å². The first-order valence-corrected chi connectivity index (χ1v) is 11.8. The molecule has 2 aliphatic rings. The molecule has 1 aliphatic carbocycles. The zero-order valence-electron chi connectivity index (χ0n) is 20.6. The summed E-state index contributed by atoms with van der Waals surface area (Å²) in [4.78, 5) is 20.8. The van der Waals surface area contributed by atoms with Crippen LogP contribution in [0, 0.1) is 0 Å². The molecule has 1 N–H and O–H groups in total. The summed E-state index contributed by atoms with van der Waals surface area (Å²) in [7, 11) is 1.55.